The molecule has 9 heteroatoms. The van der Waals surface area contributed by atoms with Gasteiger partial charge < -0.3 is 14.8 Å². The van der Waals surface area contributed by atoms with Crippen molar-refractivity contribution in [3.63, 3.8) is 0 Å². The normalized spacial score (nSPS) is 10.6. The van der Waals surface area contributed by atoms with Gasteiger partial charge in [0.15, 0.2) is 0 Å². The molecular formula is C16H11Cl2N3O3S. The number of carbonyl (C=O) groups excluding carboxylic acids is 1. The number of nitrogens with zero attached hydrogens (tertiary/aromatic N) is 2. The fourth-order valence-corrected chi connectivity index (χ4v) is 2.76. The maximum atomic E-state index is 12.0. The Bertz CT molecular complexity index is 900. The van der Waals surface area contributed by atoms with E-state index in [1.807, 2.05) is 0 Å². The Labute approximate surface area is 157 Å². The molecule has 0 radical (unpaired) electrons. The molecule has 0 fully saturated rings. The molecule has 0 aliphatic rings. The van der Waals surface area contributed by atoms with Gasteiger partial charge >= 0.3 is 0 Å². The zero-order chi connectivity index (χ0) is 17.8. The van der Waals surface area contributed by atoms with Gasteiger partial charge in [-0.05, 0) is 42.5 Å². The number of halogens is 2. The molecule has 1 heterocycles. The van der Waals surface area contributed by atoms with E-state index in [1.165, 1.54) is 18.2 Å². The van der Waals surface area contributed by atoms with E-state index in [1.54, 1.807) is 24.3 Å². The second-order valence-electron chi connectivity index (χ2n) is 4.88. The van der Waals surface area contributed by atoms with Crippen molar-refractivity contribution in [1.29, 1.82) is 0 Å². The predicted molar refractivity (Wildman–Crippen MR) is 97.2 cm³/mol. The topological polar surface area (TPSA) is 88.2 Å². The van der Waals surface area contributed by atoms with Crippen molar-refractivity contribution in [2.45, 2.75) is 5.22 Å². The summed E-state index contributed by atoms with van der Waals surface area (Å²) in [5.74, 6) is -0.0276. The van der Waals surface area contributed by atoms with E-state index < -0.39 is 0 Å². The lowest BCUT2D eigenvalue weighted by Crippen LogP contribution is -2.14. The summed E-state index contributed by atoms with van der Waals surface area (Å²) >= 11 is 12.8. The van der Waals surface area contributed by atoms with Crippen LogP contribution in [0, 0.1) is 0 Å². The molecule has 0 aliphatic carbocycles. The van der Waals surface area contributed by atoms with Crippen molar-refractivity contribution < 1.29 is 14.3 Å². The minimum absolute atomic E-state index is 0.0359. The number of carbonyl (C=O) groups is 1. The van der Waals surface area contributed by atoms with Crippen molar-refractivity contribution in [2.75, 3.05) is 11.1 Å². The number of thioether (sulfide) groups is 1. The standard InChI is InChI=1S/C16H11Cl2N3O3S/c17-10-3-1-9(2-4-10)15-20-21-16(24-15)25-8-14(23)19-12-7-11(18)5-6-13(12)22/h1-7,22H,8H2,(H,19,23). The van der Waals surface area contributed by atoms with Crippen LogP contribution in [0.1, 0.15) is 0 Å². The molecule has 0 saturated heterocycles. The van der Waals surface area contributed by atoms with Crippen molar-refractivity contribution in [1.82, 2.24) is 10.2 Å². The highest BCUT2D eigenvalue weighted by Gasteiger charge is 2.12. The first-order chi connectivity index (χ1) is 12.0. The Hall–Kier alpha value is -2.22. The highest BCUT2D eigenvalue weighted by atomic mass is 35.5. The first-order valence-corrected chi connectivity index (χ1v) is 8.76. The van der Waals surface area contributed by atoms with Crippen molar-refractivity contribution in [2.24, 2.45) is 0 Å². The quantitative estimate of drug-likeness (QED) is 0.488. The molecule has 0 aliphatic heterocycles. The molecule has 2 N–H and O–H groups in total. The van der Waals surface area contributed by atoms with Crippen molar-refractivity contribution in [3.05, 3.63) is 52.5 Å². The number of anilines is 1. The number of phenolic OH excluding ortho intramolecular Hbond substituents is 1. The zero-order valence-corrected chi connectivity index (χ0v) is 14.9. The second-order valence-corrected chi connectivity index (χ2v) is 6.68. The van der Waals surface area contributed by atoms with Crippen LogP contribution in [-0.2, 0) is 4.79 Å². The summed E-state index contributed by atoms with van der Waals surface area (Å²) in [4.78, 5) is 12.0. The van der Waals surface area contributed by atoms with Crippen LogP contribution in [0.15, 0.2) is 52.1 Å². The number of nitrogens with one attached hydrogen (secondary N) is 1. The highest BCUT2D eigenvalue weighted by Crippen LogP contribution is 2.28. The Kier molecular flexibility index (Phi) is 5.47. The zero-order valence-electron chi connectivity index (χ0n) is 12.6. The number of benzene rings is 2. The average Bonchev–Trinajstić information content (AvgIpc) is 3.06. The van der Waals surface area contributed by atoms with E-state index >= 15 is 0 Å². The Balaban J connectivity index is 1.59. The van der Waals surface area contributed by atoms with E-state index in [0.29, 0.717) is 15.9 Å². The van der Waals surface area contributed by atoms with Crippen LogP contribution < -0.4 is 5.32 Å². The minimum Gasteiger partial charge on any atom is -0.506 e. The molecule has 25 heavy (non-hydrogen) atoms. The van der Waals surface area contributed by atoms with Crippen LogP contribution in [0.5, 0.6) is 5.75 Å². The number of phenols is 1. The van der Waals surface area contributed by atoms with Gasteiger partial charge in [-0.3, -0.25) is 4.79 Å². The molecule has 3 aromatic rings. The maximum absolute atomic E-state index is 12.0. The third kappa shape index (κ3) is 4.66. The van der Waals surface area contributed by atoms with Gasteiger partial charge in [0.2, 0.25) is 11.8 Å². The van der Waals surface area contributed by atoms with Gasteiger partial charge in [-0.1, -0.05) is 35.0 Å². The first-order valence-electron chi connectivity index (χ1n) is 7.02. The van der Waals surface area contributed by atoms with E-state index in [2.05, 4.69) is 15.5 Å². The molecule has 128 valence electrons. The fraction of sp³-hybridized carbons (Fsp3) is 0.0625. The van der Waals surface area contributed by atoms with E-state index in [4.69, 9.17) is 27.6 Å². The largest absolute Gasteiger partial charge is 0.506 e. The second kappa shape index (κ2) is 7.77. The lowest BCUT2D eigenvalue weighted by molar-refractivity contribution is -0.113. The van der Waals surface area contributed by atoms with Gasteiger partial charge in [0.1, 0.15) is 5.75 Å². The van der Waals surface area contributed by atoms with Gasteiger partial charge in [-0.25, -0.2) is 0 Å². The van der Waals surface area contributed by atoms with Crippen molar-refractivity contribution >= 4 is 46.6 Å². The van der Waals surface area contributed by atoms with E-state index in [-0.39, 0.29) is 28.3 Å². The first kappa shape index (κ1) is 17.6. The van der Waals surface area contributed by atoms with Gasteiger partial charge in [0.05, 0.1) is 11.4 Å². The minimum atomic E-state index is -0.339. The summed E-state index contributed by atoms with van der Waals surface area (Å²) in [6, 6.07) is 11.4. The third-order valence-corrected chi connectivity index (χ3v) is 4.36. The molecule has 0 saturated carbocycles. The Morgan fingerprint density at radius 1 is 1.12 bits per heavy atom. The van der Waals surface area contributed by atoms with Crippen LogP contribution in [0.4, 0.5) is 5.69 Å². The summed E-state index contributed by atoms with van der Waals surface area (Å²) in [5.41, 5.74) is 0.975. The molecule has 2 aromatic carbocycles. The number of hydrogen-bond acceptors (Lipinski definition) is 6. The fourth-order valence-electron chi connectivity index (χ4n) is 1.90. The average molecular weight is 396 g/mol. The number of hydrogen-bond donors (Lipinski definition) is 2. The highest BCUT2D eigenvalue weighted by molar-refractivity contribution is 7.99. The van der Waals surface area contributed by atoms with Crippen LogP contribution >= 0.6 is 35.0 Å². The molecule has 6 nitrogen and oxygen atoms in total. The molecule has 0 bridgehead atoms. The van der Waals surface area contributed by atoms with Crippen molar-refractivity contribution in [3.8, 4) is 17.2 Å². The van der Waals surface area contributed by atoms with Gasteiger partial charge in [0.25, 0.3) is 5.22 Å². The molecule has 0 unspecified atom stereocenters. The predicted octanol–water partition coefficient (Wildman–Crippen LogP) is 4.48. The SMILES string of the molecule is O=C(CSc1nnc(-c2ccc(Cl)cc2)o1)Nc1cc(Cl)ccc1O. The number of amides is 1. The van der Waals surface area contributed by atoms with Crippen LogP contribution in [0.25, 0.3) is 11.5 Å². The third-order valence-electron chi connectivity index (χ3n) is 3.06. The van der Waals surface area contributed by atoms with Crippen LogP contribution in [0.3, 0.4) is 0 Å². The Morgan fingerprint density at radius 3 is 2.60 bits per heavy atom. The number of aromatic hydroxyl groups is 1. The lowest BCUT2D eigenvalue weighted by atomic mass is 10.2. The number of aromatic nitrogens is 2. The summed E-state index contributed by atoms with van der Waals surface area (Å²) in [7, 11) is 0. The maximum Gasteiger partial charge on any atom is 0.277 e. The van der Waals surface area contributed by atoms with Gasteiger partial charge in [-0.2, -0.15) is 0 Å². The lowest BCUT2D eigenvalue weighted by Gasteiger charge is -2.06. The molecular weight excluding hydrogens is 385 g/mol. The summed E-state index contributed by atoms with van der Waals surface area (Å²) < 4.78 is 5.50. The smallest absolute Gasteiger partial charge is 0.277 e. The molecule has 0 atom stereocenters. The summed E-state index contributed by atoms with van der Waals surface area (Å²) in [5, 5.41) is 21.4. The van der Waals surface area contributed by atoms with Crippen LogP contribution in [0.2, 0.25) is 10.0 Å². The number of rotatable bonds is 5. The monoisotopic (exact) mass is 395 g/mol. The molecule has 1 aromatic heterocycles. The van der Waals surface area contributed by atoms with E-state index in [0.717, 1.165) is 17.3 Å². The van der Waals surface area contributed by atoms with E-state index in [9.17, 15) is 9.90 Å². The van der Waals surface area contributed by atoms with Gasteiger partial charge in [0, 0.05) is 15.6 Å². The Morgan fingerprint density at radius 2 is 1.84 bits per heavy atom. The summed E-state index contributed by atoms with van der Waals surface area (Å²) in [6.45, 7) is 0. The summed E-state index contributed by atoms with van der Waals surface area (Å²) in [6.07, 6.45) is 0. The van der Waals surface area contributed by atoms with Crippen LogP contribution in [-0.4, -0.2) is 27.0 Å². The molecule has 1 amide bonds. The van der Waals surface area contributed by atoms with Gasteiger partial charge in [-0.15, -0.1) is 10.2 Å². The molecule has 0 spiro atoms. The molecule has 3 rings (SSSR count).